The van der Waals surface area contributed by atoms with Gasteiger partial charge < -0.3 is 18.7 Å². The van der Waals surface area contributed by atoms with Gasteiger partial charge in [-0.25, -0.2) is 0 Å². The predicted molar refractivity (Wildman–Crippen MR) is 131 cm³/mol. The van der Waals surface area contributed by atoms with Crippen molar-refractivity contribution in [2.75, 3.05) is 13.2 Å². The average Bonchev–Trinajstić information content (AvgIpc) is 3.31. The summed E-state index contributed by atoms with van der Waals surface area (Å²) in [6, 6.07) is 0. The molecule has 1 heterocycles. The predicted octanol–water partition coefficient (Wildman–Crippen LogP) is 5.91. The number of carbonyl (C=O) groups excluding carboxylic acids is 2. The van der Waals surface area contributed by atoms with Crippen molar-refractivity contribution in [3.8, 4) is 0 Å². The summed E-state index contributed by atoms with van der Waals surface area (Å²) < 4.78 is 19.1. The molecule has 0 aromatic carbocycles. The molecule has 0 N–H and O–H groups in total. The lowest BCUT2D eigenvalue weighted by Crippen LogP contribution is -2.56. The van der Waals surface area contributed by atoms with E-state index in [1.807, 2.05) is 0 Å². The normalized spacial score (nSPS) is 41.4. The Bertz CT molecular complexity index is 767. The van der Waals surface area contributed by atoms with Crippen molar-refractivity contribution in [3.05, 3.63) is 0 Å². The van der Waals surface area contributed by atoms with E-state index >= 15 is 0 Å². The maximum Gasteiger partial charge on any atom is 0.192 e. The molecular formula is C27H46O5Si. The maximum atomic E-state index is 13.7. The minimum absolute atomic E-state index is 0.0416. The van der Waals surface area contributed by atoms with Gasteiger partial charge in [0.2, 0.25) is 0 Å². The second-order valence-electron chi connectivity index (χ2n) is 13.3. The first-order valence-electron chi connectivity index (χ1n) is 13.2. The molecule has 5 nitrogen and oxygen atoms in total. The van der Waals surface area contributed by atoms with Crippen molar-refractivity contribution in [1.82, 2.24) is 0 Å². The number of hydrogen-bond acceptors (Lipinski definition) is 5. The summed E-state index contributed by atoms with van der Waals surface area (Å²) >= 11 is 0. The van der Waals surface area contributed by atoms with E-state index in [9.17, 15) is 9.59 Å². The fraction of sp³-hybridized carbons (Fsp3) is 0.926. The number of Topliss-reactive ketones (excluding diaryl/α,β-unsaturated/α-hetero) is 1. The van der Waals surface area contributed by atoms with Crippen LogP contribution in [0.15, 0.2) is 0 Å². The number of ether oxygens (including phenoxy) is 2. The van der Waals surface area contributed by atoms with E-state index in [4.69, 9.17) is 13.9 Å². The van der Waals surface area contributed by atoms with Crippen LogP contribution in [0.4, 0.5) is 0 Å². The molecule has 4 rings (SSSR count). The van der Waals surface area contributed by atoms with Crippen LogP contribution in [0.25, 0.3) is 0 Å². The molecule has 4 aliphatic rings. The Kier molecular flexibility index (Phi) is 6.60. The SMILES string of the molecule is CC(C)(C)[Si](C)(C)OC1CC[C@](C)(C2CC[C@@]3(C)C(CCC34OCCO4)[C@@H]2CC=O)C(=O)C1. The molecule has 3 saturated carbocycles. The maximum absolute atomic E-state index is 13.7. The zero-order chi connectivity index (χ0) is 24.3. The van der Waals surface area contributed by atoms with Gasteiger partial charge in [-0.3, -0.25) is 4.79 Å². The molecule has 4 fully saturated rings. The zero-order valence-electron chi connectivity index (χ0n) is 22.0. The van der Waals surface area contributed by atoms with Crippen LogP contribution >= 0.6 is 0 Å². The third-order valence-corrected chi connectivity index (χ3v) is 15.3. The molecule has 3 unspecified atom stereocenters. The molecule has 0 amide bonds. The van der Waals surface area contributed by atoms with Crippen molar-refractivity contribution in [2.24, 2.45) is 28.6 Å². The first-order valence-corrected chi connectivity index (χ1v) is 16.1. The van der Waals surface area contributed by atoms with E-state index in [1.54, 1.807) is 0 Å². The van der Waals surface area contributed by atoms with Crippen molar-refractivity contribution >= 4 is 20.4 Å². The van der Waals surface area contributed by atoms with Crippen LogP contribution in [-0.2, 0) is 23.5 Å². The number of aldehydes is 1. The Labute approximate surface area is 201 Å². The minimum Gasteiger partial charge on any atom is -0.413 e. The quantitative estimate of drug-likeness (QED) is 0.363. The highest BCUT2D eigenvalue weighted by molar-refractivity contribution is 6.74. The van der Waals surface area contributed by atoms with Crippen LogP contribution in [0.5, 0.6) is 0 Å². The molecule has 3 aliphatic carbocycles. The lowest BCUT2D eigenvalue weighted by atomic mass is 9.50. The highest BCUT2D eigenvalue weighted by atomic mass is 28.4. The third kappa shape index (κ3) is 4.01. The Morgan fingerprint density at radius 2 is 1.67 bits per heavy atom. The van der Waals surface area contributed by atoms with Crippen LogP contribution < -0.4 is 0 Å². The average molecular weight is 479 g/mol. The van der Waals surface area contributed by atoms with E-state index in [2.05, 4.69) is 47.7 Å². The highest BCUT2D eigenvalue weighted by Crippen LogP contribution is 2.66. The third-order valence-electron chi connectivity index (χ3n) is 10.7. The van der Waals surface area contributed by atoms with Crippen LogP contribution in [0.3, 0.4) is 0 Å². The molecule has 188 valence electrons. The number of carbonyl (C=O) groups is 2. The summed E-state index contributed by atoms with van der Waals surface area (Å²) in [5, 5.41) is 0.141. The first kappa shape index (κ1) is 25.5. The van der Waals surface area contributed by atoms with Gasteiger partial charge in [0.25, 0.3) is 0 Å². The summed E-state index contributed by atoms with van der Waals surface area (Å²) in [7, 11) is -1.91. The van der Waals surface area contributed by atoms with Crippen molar-refractivity contribution in [3.63, 3.8) is 0 Å². The molecular weight excluding hydrogens is 432 g/mol. The van der Waals surface area contributed by atoms with Gasteiger partial charge in [0, 0.05) is 30.1 Å². The van der Waals surface area contributed by atoms with Gasteiger partial charge in [0.05, 0.1) is 19.3 Å². The number of hydrogen-bond donors (Lipinski definition) is 0. The lowest BCUT2D eigenvalue weighted by molar-refractivity contribution is -0.242. The van der Waals surface area contributed by atoms with Crippen molar-refractivity contribution < 1.29 is 23.5 Å². The smallest absolute Gasteiger partial charge is 0.192 e. The van der Waals surface area contributed by atoms with Gasteiger partial charge in [0.15, 0.2) is 14.1 Å². The van der Waals surface area contributed by atoms with Gasteiger partial charge in [-0.05, 0) is 68.0 Å². The monoisotopic (exact) mass is 478 g/mol. The van der Waals surface area contributed by atoms with E-state index < -0.39 is 14.1 Å². The largest absolute Gasteiger partial charge is 0.413 e. The molecule has 33 heavy (non-hydrogen) atoms. The molecule has 1 saturated heterocycles. The fourth-order valence-electron chi connectivity index (χ4n) is 7.63. The Hall–Kier alpha value is -0.563. The molecule has 0 aromatic rings. The van der Waals surface area contributed by atoms with E-state index in [0.717, 1.165) is 44.8 Å². The van der Waals surface area contributed by atoms with Crippen LogP contribution in [-0.4, -0.2) is 45.5 Å². The van der Waals surface area contributed by atoms with Crippen LogP contribution in [0.2, 0.25) is 18.1 Å². The van der Waals surface area contributed by atoms with E-state index in [1.165, 1.54) is 0 Å². The van der Waals surface area contributed by atoms with Gasteiger partial charge in [-0.2, -0.15) is 0 Å². The first-order chi connectivity index (χ1) is 15.3. The Morgan fingerprint density at radius 3 is 2.24 bits per heavy atom. The summed E-state index contributed by atoms with van der Waals surface area (Å²) in [6.45, 7) is 17.1. The van der Waals surface area contributed by atoms with Gasteiger partial charge >= 0.3 is 0 Å². The van der Waals surface area contributed by atoms with Crippen LogP contribution in [0.1, 0.15) is 86.0 Å². The minimum atomic E-state index is -1.91. The number of rotatable bonds is 5. The standard InChI is InChI=1S/C27H46O5Si/c1-24(2,3)33(6,7)32-19-8-12-25(4,23(29)18-19)21-9-13-26(5)22(20(21)11-15-28)10-14-27(26)30-16-17-31-27/h15,19-22H,8-14,16-18H2,1-7H3/t19?,20-,21?,22?,25-,26+/m1/s1. The van der Waals surface area contributed by atoms with Crippen molar-refractivity contribution in [1.29, 1.82) is 0 Å². The molecule has 1 aliphatic heterocycles. The van der Waals surface area contributed by atoms with E-state index in [-0.39, 0.29) is 33.8 Å². The Morgan fingerprint density at radius 1 is 1.03 bits per heavy atom. The Balaban J connectivity index is 1.53. The number of ketones is 1. The molecule has 6 heteroatoms. The molecule has 0 aromatic heterocycles. The zero-order valence-corrected chi connectivity index (χ0v) is 23.0. The molecule has 0 radical (unpaired) electrons. The van der Waals surface area contributed by atoms with Crippen molar-refractivity contribution in [2.45, 2.75) is 116 Å². The molecule has 0 bridgehead atoms. The second kappa shape index (κ2) is 8.53. The van der Waals surface area contributed by atoms with Gasteiger partial charge in [0.1, 0.15) is 12.1 Å². The lowest BCUT2D eigenvalue weighted by Gasteiger charge is -2.55. The summed E-state index contributed by atoms with van der Waals surface area (Å²) in [4.78, 5) is 25.6. The molecule has 1 spiro atoms. The summed E-state index contributed by atoms with van der Waals surface area (Å²) in [5.41, 5.74) is -0.439. The van der Waals surface area contributed by atoms with Crippen LogP contribution in [0, 0.1) is 28.6 Å². The highest BCUT2D eigenvalue weighted by Gasteiger charge is 2.66. The van der Waals surface area contributed by atoms with Gasteiger partial charge in [-0.15, -0.1) is 0 Å². The summed E-state index contributed by atoms with van der Waals surface area (Å²) in [6.07, 6.45) is 7.89. The topological polar surface area (TPSA) is 61.8 Å². The summed E-state index contributed by atoms with van der Waals surface area (Å²) in [5.74, 6) is 0.705. The molecule has 6 atom stereocenters. The van der Waals surface area contributed by atoms with E-state index in [0.29, 0.717) is 37.8 Å². The second-order valence-corrected chi connectivity index (χ2v) is 18.1. The van der Waals surface area contributed by atoms with Gasteiger partial charge in [-0.1, -0.05) is 34.6 Å². The number of fused-ring (bicyclic) bond motifs is 2. The fourth-order valence-corrected chi connectivity index (χ4v) is 9.02.